The summed E-state index contributed by atoms with van der Waals surface area (Å²) < 4.78 is 5.86. The fourth-order valence-corrected chi connectivity index (χ4v) is 3.89. The zero-order valence-corrected chi connectivity index (χ0v) is 15.6. The van der Waals surface area contributed by atoms with Crippen LogP contribution >= 0.6 is 12.4 Å². The second-order valence-corrected chi connectivity index (χ2v) is 7.21. The molecular formula is C21H25ClN2O2. The van der Waals surface area contributed by atoms with Crippen molar-refractivity contribution >= 4 is 18.3 Å². The second kappa shape index (κ2) is 8.11. The van der Waals surface area contributed by atoms with Crippen LogP contribution in [0.25, 0.3) is 0 Å². The van der Waals surface area contributed by atoms with Crippen LogP contribution in [0.4, 0.5) is 0 Å². The Hall–Kier alpha value is -2.04. The molecule has 2 heterocycles. The predicted octanol–water partition coefficient (Wildman–Crippen LogP) is 3.51. The van der Waals surface area contributed by atoms with E-state index in [4.69, 9.17) is 4.74 Å². The first-order valence-corrected chi connectivity index (χ1v) is 9.01. The van der Waals surface area contributed by atoms with E-state index in [0.29, 0.717) is 17.6 Å². The molecule has 2 aromatic rings. The van der Waals surface area contributed by atoms with Gasteiger partial charge in [0.2, 0.25) is 0 Å². The number of benzene rings is 2. The standard InChI is InChI=1S/C21H24N2O2.ClH/c24-20(23-12-10-21(16-23)9-11-22-15-21)18-7-4-8-19(13-18)25-14-17-5-2-1-3-6-17;/h1-8,13,22H,9-12,14-16H2;1H. The Morgan fingerprint density at radius 2 is 1.96 bits per heavy atom. The van der Waals surface area contributed by atoms with Gasteiger partial charge in [0.05, 0.1) is 0 Å². The fraction of sp³-hybridized carbons (Fsp3) is 0.381. The highest BCUT2D eigenvalue weighted by atomic mass is 35.5. The van der Waals surface area contributed by atoms with Crippen LogP contribution in [0.5, 0.6) is 5.75 Å². The largest absolute Gasteiger partial charge is 0.489 e. The summed E-state index contributed by atoms with van der Waals surface area (Å²) in [5.41, 5.74) is 2.14. The third-order valence-corrected chi connectivity index (χ3v) is 5.39. The van der Waals surface area contributed by atoms with Crippen LogP contribution in [0, 0.1) is 5.41 Å². The predicted molar refractivity (Wildman–Crippen MR) is 105 cm³/mol. The van der Waals surface area contributed by atoms with Crippen LogP contribution in [-0.4, -0.2) is 37.0 Å². The van der Waals surface area contributed by atoms with Crippen molar-refractivity contribution in [2.24, 2.45) is 5.41 Å². The quantitative estimate of drug-likeness (QED) is 0.892. The van der Waals surface area contributed by atoms with E-state index in [0.717, 1.165) is 43.9 Å². The highest BCUT2D eigenvalue weighted by Gasteiger charge is 2.41. The Morgan fingerprint density at radius 1 is 1.12 bits per heavy atom. The molecule has 0 bridgehead atoms. The van der Waals surface area contributed by atoms with Crippen LogP contribution in [-0.2, 0) is 6.61 Å². The fourth-order valence-electron chi connectivity index (χ4n) is 3.89. The van der Waals surface area contributed by atoms with Gasteiger partial charge in [-0.1, -0.05) is 36.4 Å². The molecule has 2 fully saturated rings. The summed E-state index contributed by atoms with van der Waals surface area (Å²) in [5, 5.41) is 3.44. The van der Waals surface area contributed by atoms with E-state index in [1.54, 1.807) is 0 Å². The van der Waals surface area contributed by atoms with Gasteiger partial charge in [0.25, 0.3) is 5.91 Å². The Labute approximate surface area is 160 Å². The molecule has 5 heteroatoms. The number of amides is 1. The number of halogens is 1. The molecule has 1 N–H and O–H groups in total. The molecule has 138 valence electrons. The summed E-state index contributed by atoms with van der Waals surface area (Å²) in [6.07, 6.45) is 2.28. The lowest BCUT2D eigenvalue weighted by Crippen LogP contribution is -2.33. The Bertz CT molecular complexity index is 745. The minimum Gasteiger partial charge on any atom is -0.489 e. The van der Waals surface area contributed by atoms with Crippen molar-refractivity contribution in [2.45, 2.75) is 19.4 Å². The highest BCUT2D eigenvalue weighted by Crippen LogP contribution is 2.36. The summed E-state index contributed by atoms with van der Waals surface area (Å²) in [5.74, 6) is 0.861. The molecule has 2 saturated heterocycles. The van der Waals surface area contributed by atoms with Gasteiger partial charge < -0.3 is 15.0 Å². The van der Waals surface area contributed by atoms with Crippen LogP contribution in [0.3, 0.4) is 0 Å². The number of hydrogen-bond acceptors (Lipinski definition) is 3. The first-order valence-electron chi connectivity index (χ1n) is 9.01. The summed E-state index contributed by atoms with van der Waals surface area (Å²) >= 11 is 0. The first kappa shape index (κ1) is 18.7. The number of nitrogens with zero attached hydrogens (tertiary/aromatic N) is 1. The summed E-state index contributed by atoms with van der Waals surface area (Å²) in [4.78, 5) is 14.9. The van der Waals surface area contributed by atoms with Crippen molar-refractivity contribution in [1.29, 1.82) is 0 Å². The molecule has 1 amide bonds. The number of likely N-dealkylation sites (tertiary alicyclic amines) is 1. The van der Waals surface area contributed by atoms with E-state index in [1.165, 1.54) is 6.42 Å². The molecule has 1 atom stereocenters. The zero-order valence-electron chi connectivity index (χ0n) is 14.8. The van der Waals surface area contributed by atoms with E-state index in [9.17, 15) is 4.79 Å². The summed E-state index contributed by atoms with van der Waals surface area (Å²) in [6.45, 7) is 4.35. The Balaban J connectivity index is 0.00000196. The lowest BCUT2D eigenvalue weighted by atomic mass is 9.86. The highest BCUT2D eigenvalue weighted by molar-refractivity contribution is 5.94. The number of hydrogen-bond donors (Lipinski definition) is 1. The summed E-state index contributed by atoms with van der Waals surface area (Å²) in [7, 11) is 0. The van der Waals surface area contributed by atoms with E-state index in [2.05, 4.69) is 5.32 Å². The molecule has 4 rings (SSSR count). The number of ether oxygens (including phenoxy) is 1. The lowest BCUT2D eigenvalue weighted by molar-refractivity contribution is 0.0775. The van der Waals surface area contributed by atoms with E-state index in [1.807, 2.05) is 59.5 Å². The zero-order chi connectivity index (χ0) is 17.1. The maximum Gasteiger partial charge on any atom is 0.254 e. The van der Waals surface area contributed by atoms with Crippen LogP contribution in [0.2, 0.25) is 0 Å². The molecule has 1 spiro atoms. The molecule has 0 radical (unpaired) electrons. The van der Waals surface area contributed by atoms with Crippen molar-refractivity contribution in [2.75, 3.05) is 26.2 Å². The minimum absolute atomic E-state index is 0. The maximum atomic E-state index is 12.9. The molecule has 1 unspecified atom stereocenters. The van der Waals surface area contributed by atoms with Crippen LogP contribution in [0.15, 0.2) is 54.6 Å². The van der Waals surface area contributed by atoms with Crippen LogP contribution < -0.4 is 10.1 Å². The summed E-state index contributed by atoms with van der Waals surface area (Å²) in [6, 6.07) is 17.6. The molecule has 2 aliphatic rings. The minimum atomic E-state index is 0. The van der Waals surface area contributed by atoms with Crippen molar-refractivity contribution < 1.29 is 9.53 Å². The van der Waals surface area contributed by atoms with Gasteiger partial charge in [-0.15, -0.1) is 12.4 Å². The average molecular weight is 373 g/mol. The third kappa shape index (κ3) is 4.02. The van der Waals surface area contributed by atoms with E-state index in [-0.39, 0.29) is 18.3 Å². The van der Waals surface area contributed by atoms with E-state index >= 15 is 0 Å². The van der Waals surface area contributed by atoms with Crippen molar-refractivity contribution in [3.8, 4) is 5.75 Å². The van der Waals surface area contributed by atoms with Gasteiger partial charge in [0.15, 0.2) is 0 Å². The molecule has 0 saturated carbocycles. The van der Waals surface area contributed by atoms with Gasteiger partial charge in [0, 0.05) is 30.6 Å². The van der Waals surface area contributed by atoms with Gasteiger partial charge >= 0.3 is 0 Å². The van der Waals surface area contributed by atoms with Gasteiger partial charge in [-0.25, -0.2) is 0 Å². The van der Waals surface area contributed by atoms with Crippen molar-refractivity contribution in [1.82, 2.24) is 10.2 Å². The molecule has 2 aliphatic heterocycles. The molecule has 26 heavy (non-hydrogen) atoms. The first-order chi connectivity index (χ1) is 12.2. The van der Waals surface area contributed by atoms with Crippen molar-refractivity contribution in [3.63, 3.8) is 0 Å². The number of carbonyl (C=O) groups is 1. The molecular weight excluding hydrogens is 348 g/mol. The van der Waals surface area contributed by atoms with E-state index < -0.39 is 0 Å². The maximum absolute atomic E-state index is 12.9. The Morgan fingerprint density at radius 3 is 2.73 bits per heavy atom. The normalized spacial score (nSPS) is 21.6. The smallest absolute Gasteiger partial charge is 0.254 e. The third-order valence-electron chi connectivity index (χ3n) is 5.39. The lowest BCUT2D eigenvalue weighted by Gasteiger charge is -2.23. The molecule has 0 aromatic heterocycles. The van der Waals surface area contributed by atoms with Gasteiger partial charge in [-0.3, -0.25) is 4.79 Å². The topological polar surface area (TPSA) is 41.6 Å². The molecule has 0 aliphatic carbocycles. The van der Waals surface area contributed by atoms with Gasteiger partial charge in [-0.05, 0) is 43.1 Å². The number of carbonyl (C=O) groups excluding carboxylic acids is 1. The monoisotopic (exact) mass is 372 g/mol. The molecule has 2 aromatic carbocycles. The average Bonchev–Trinajstić information content (AvgIpc) is 3.31. The van der Waals surface area contributed by atoms with Gasteiger partial charge in [0.1, 0.15) is 12.4 Å². The van der Waals surface area contributed by atoms with Gasteiger partial charge in [-0.2, -0.15) is 0 Å². The SMILES string of the molecule is Cl.O=C(c1cccc(OCc2ccccc2)c1)N1CCC2(CCNC2)C1. The second-order valence-electron chi connectivity index (χ2n) is 7.21. The van der Waals surface area contributed by atoms with Crippen LogP contribution in [0.1, 0.15) is 28.8 Å². The number of nitrogens with one attached hydrogen (secondary N) is 1. The molecule has 4 nitrogen and oxygen atoms in total. The Kier molecular flexibility index (Phi) is 5.84. The number of rotatable bonds is 4. The van der Waals surface area contributed by atoms with Crippen molar-refractivity contribution in [3.05, 3.63) is 65.7 Å².